The van der Waals surface area contributed by atoms with E-state index in [0.717, 1.165) is 5.69 Å². The van der Waals surface area contributed by atoms with E-state index >= 15 is 0 Å². The number of hydrogen-bond acceptors (Lipinski definition) is 1. The first-order valence-electron chi connectivity index (χ1n) is 4.25. The highest BCUT2D eigenvalue weighted by Crippen LogP contribution is 2.22. The highest BCUT2D eigenvalue weighted by Gasteiger charge is 2.05. The van der Waals surface area contributed by atoms with Crippen LogP contribution in [0.4, 0.5) is 4.39 Å². The number of benzene rings is 1. The third-order valence-corrected chi connectivity index (χ3v) is 2.65. The molecule has 78 valence electrons. The minimum absolute atomic E-state index is 0.303. The lowest BCUT2D eigenvalue weighted by Crippen LogP contribution is -1.84. The van der Waals surface area contributed by atoms with Gasteiger partial charge in [0.15, 0.2) is 0 Å². The van der Waals surface area contributed by atoms with Gasteiger partial charge in [0.05, 0.1) is 5.88 Å². The molecular formula is C10H7BrClFN2. The average molecular weight is 290 g/mol. The fourth-order valence-electron chi connectivity index (χ4n) is 1.26. The van der Waals surface area contributed by atoms with Crippen LogP contribution >= 0.6 is 27.5 Å². The van der Waals surface area contributed by atoms with E-state index in [1.54, 1.807) is 12.3 Å². The van der Waals surface area contributed by atoms with Crippen molar-refractivity contribution in [3.63, 3.8) is 0 Å². The number of halogens is 3. The molecule has 1 aromatic heterocycles. The standard InChI is InChI=1S/C10H7BrClFN2/c11-7-1-6(2-8(13)3-7)10-14-5-9(4-12)15-10/h1-3,5H,4H2,(H,14,15). The normalized spacial score (nSPS) is 10.6. The molecule has 2 nitrogen and oxygen atoms in total. The molecule has 0 saturated carbocycles. The lowest BCUT2D eigenvalue weighted by molar-refractivity contribution is 0.627. The summed E-state index contributed by atoms with van der Waals surface area (Å²) in [4.78, 5) is 7.11. The zero-order valence-corrected chi connectivity index (χ0v) is 9.94. The molecule has 0 bridgehead atoms. The van der Waals surface area contributed by atoms with Crippen molar-refractivity contribution in [2.45, 2.75) is 5.88 Å². The van der Waals surface area contributed by atoms with Gasteiger partial charge in [-0.25, -0.2) is 9.37 Å². The average Bonchev–Trinajstić information content (AvgIpc) is 2.64. The molecule has 2 rings (SSSR count). The van der Waals surface area contributed by atoms with Crippen LogP contribution in [-0.2, 0) is 5.88 Å². The highest BCUT2D eigenvalue weighted by atomic mass is 79.9. The van der Waals surface area contributed by atoms with E-state index in [1.807, 2.05) is 0 Å². The number of aromatic nitrogens is 2. The Morgan fingerprint density at radius 1 is 1.40 bits per heavy atom. The number of nitrogens with one attached hydrogen (secondary N) is 1. The van der Waals surface area contributed by atoms with Gasteiger partial charge in [0.25, 0.3) is 0 Å². The van der Waals surface area contributed by atoms with Crippen molar-refractivity contribution in [1.82, 2.24) is 9.97 Å². The molecule has 1 heterocycles. The predicted octanol–water partition coefficient (Wildman–Crippen LogP) is 3.72. The molecule has 15 heavy (non-hydrogen) atoms. The van der Waals surface area contributed by atoms with Crippen molar-refractivity contribution in [3.8, 4) is 11.4 Å². The van der Waals surface area contributed by atoms with Crippen LogP contribution in [0.5, 0.6) is 0 Å². The van der Waals surface area contributed by atoms with E-state index in [1.165, 1.54) is 12.1 Å². The van der Waals surface area contributed by atoms with Crippen LogP contribution in [0, 0.1) is 5.82 Å². The van der Waals surface area contributed by atoms with Gasteiger partial charge in [-0.05, 0) is 18.2 Å². The predicted molar refractivity (Wildman–Crippen MR) is 61.2 cm³/mol. The fraction of sp³-hybridized carbons (Fsp3) is 0.100. The fourth-order valence-corrected chi connectivity index (χ4v) is 1.87. The van der Waals surface area contributed by atoms with Crippen LogP contribution in [-0.4, -0.2) is 9.97 Å². The summed E-state index contributed by atoms with van der Waals surface area (Å²) in [6, 6.07) is 4.61. The largest absolute Gasteiger partial charge is 0.341 e. The van der Waals surface area contributed by atoms with Crippen LogP contribution in [0.2, 0.25) is 0 Å². The Kier molecular flexibility index (Phi) is 3.07. The first-order chi connectivity index (χ1) is 7.19. The Morgan fingerprint density at radius 3 is 2.80 bits per heavy atom. The lowest BCUT2D eigenvalue weighted by Gasteiger charge is -1.98. The zero-order valence-electron chi connectivity index (χ0n) is 7.60. The molecule has 0 unspecified atom stereocenters. The molecule has 0 aliphatic rings. The molecule has 0 fully saturated rings. The summed E-state index contributed by atoms with van der Waals surface area (Å²) in [5.74, 6) is 0.679. The van der Waals surface area contributed by atoms with Crippen molar-refractivity contribution in [3.05, 3.63) is 40.4 Å². The van der Waals surface area contributed by atoms with Crippen molar-refractivity contribution < 1.29 is 4.39 Å². The SMILES string of the molecule is Fc1cc(Br)cc(-c2ncc(CCl)[nH]2)c1. The van der Waals surface area contributed by atoms with E-state index < -0.39 is 0 Å². The zero-order chi connectivity index (χ0) is 10.8. The Bertz CT molecular complexity index is 464. The van der Waals surface area contributed by atoms with Crippen LogP contribution < -0.4 is 0 Å². The smallest absolute Gasteiger partial charge is 0.137 e. The van der Waals surface area contributed by atoms with Gasteiger partial charge in [-0.3, -0.25) is 0 Å². The van der Waals surface area contributed by atoms with Gasteiger partial charge in [-0.1, -0.05) is 15.9 Å². The molecule has 0 spiro atoms. The van der Waals surface area contributed by atoms with Crippen LogP contribution in [0.25, 0.3) is 11.4 Å². The van der Waals surface area contributed by atoms with E-state index in [9.17, 15) is 4.39 Å². The molecule has 0 amide bonds. The molecule has 0 saturated heterocycles. The van der Waals surface area contributed by atoms with Gasteiger partial charge in [0.1, 0.15) is 11.6 Å². The van der Waals surface area contributed by atoms with Gasteiger partial charge in [0, 0.05) is 21.9 Å². The summed E-state index contributed by atoms with van der Waals surface area (Å²) in [6.07, 6.45) is 1.64. The van der Waals surface area contributed by atoms with Crippen molar-refractivity contribution in [1.29, 1.82) is 0 Å². The van der Waals surface area contributed by atoms with Crippen LogP contribution in [0.1, 0.15) is 5.69 Å². The number of H-pyrrole nitrogens is 1. The Balaban J connectivity index is 2.44. The molecule has 1 N–H and O–H groups in total. The van der Waals surface area contributed by atoms with Crippen LogP contribution in [0.3, 0.4) is 0 Å². The summed E-state index contributed by atoms with van der Waals surface area (Å²) in [5.41, 5.74) is 1.50. The van der Waals surface area contributed by atoms with E-state index in [4.69, 9.17) is 11.6 Å². The minimum Gasteiger partial charge on any atom is -0.341 e. The molecule has 5 heteroatoms. The summed E-state index contributed by atoms with van der Waals surface area (Å²) in [7, 11) is 0. The number of hydrogen-bond donors (Lipinski definition) is 1. The summed E-state index contributed by atoms with van der Waals surface area (Å²) in [6.45, 7) is 0. The topological polar surface area (TPSA) is 28.7 Å². The number of nitrogens with zero attached hydrogens (tertiary/aromatic N) is 1. The first-order valence-corrected chi connectivity index (χ1v) is 5.58. The summed E-state index contributed by atoms with van der Waals surface area (Å²) < 4.78 is 13.8. The number of aromatic amines is 1. The molecular weight excluding hydrogens is 282 g/mol. The Hall–Kier alpha value is -0.870. The quantitative estimate of drug-likeness (QED) is 0.839. The van der Waals surface area contributed by atoms with E-state index in [0.29, 0.717) is 21.7 Å². The van der Waals surface area contributed by atoms with Gasteiger partial charge in [-0.15, -0.1) is 11.6 Å². The van der Waals surface area contributed by atoms with Crippen molar-refractivity contribution in [2.24, 2.45) is 0 Å². The van der Waals surface area contributed by atoms with Crippen molar-refractivity contribution >= 4 is 27.5 Å². The molecule has 0 aliphatic heterocycles. The van der Waals surface area contributed by atoms with E-state index in [2.05, 4.69) is 25.9 Å². The maximum atomic E-state index is 13.1. The number of rotatable bonds is 2. The van der Waals surface area contributed by atoms with Crippen molar-refractivity contribution in [2.75, 3.05) is 0 Å². The minimum atomic E-state index is -0.303. The molecule has 0 radical (unpaired) electrons. The molecule has 0 aliphatic carbocycles. The number of imidazole rings is 1. The molecule has 1 aromatic carbocycles. The Morgan fingerprint density at radius 2 is 2.20 bits per heavy atom. The Labute approximate surface area is 99.6 Å². The second-order valence-electron chi connectivity index (χ2n) is 3.05. The second-order valence-corrected chi connectivity index (χ2v) is 4.23. The summed E-state index contributed by atoms with van der Waals surface area (Å²) in [5, 5.41) is 0. The highest BCUT2D eigenvalue weighted by molar-refractivity contribution is 9.10. The monoisotopic (exact) mass is 288 g/mol. The maximum absolute atomic E-state index is 13.1. The molecule has 0 atom stereocenters. The first kappa shape index (κ1) is 10.6. The van der Waals surface area contributed by atoms with Gasteiger partial charge in [-0.2, -0.15) is 0 Å². The van der Waals surface area contributed by atoms with Gasteiger partial charge in [0.2, 0.25) is 0 Å². The lowest BCUT2D eigenvalue weighted by atomic mass is 10.2. The second kappa shape index (κ2) is 4.33. The third kappa shape index (κ3) is 2.38. The number of alkyl halides is 1. The van der Waals surface area contributed by atoms with Crippen LogP contribution in [0.15, 0.2) is 28.9 Å². The van der Waals surface area contributed by atoms with Gasteiger partial charge >= 0.3 is 0 Å². The van der Waals surface area contributed by atoms with E-state index in [-0.39, 0.29) is 5.82 Å². The van der Waals surface area contributed by atoms with Gasteiger partial charge < -0.3 is 4.98 Å². The maximum Gasteiger partial charge on any atom is 0.137 e. The summed E-state index contributed by atoms with van der Waals surface area (Å²) >= 11 is 8.86. The molecule has 2 aromatic rings. The third-order valence-electron chi connectivity index (χ3n) is 1.91.